The molecule has 1 aromatic carbocycles. The van der Waals surface area contributed by atoms with Crippen molar-refractivity contribution in [2.45, 2.75) is 4.21 Å². The molecule has 0 atom stereocenters. The first-order valence-electron chi connectivity index (χ1n) is 3.62. The predicted octanol–water partition coefficient (Wildman–Crippen LogP) is 3.72. The van der Waals surface area contributed by atoms with Gasteiger partial charge in [-0.1, -0.05) is 42.5 Å². The quantitative estimate of drug-likeness (QED) is 0.607. The summed E-state index contributed by atoms with van der Waals surface area (Å²) in [5.74, 6) is 0. The lowest BCUT2D eigenvalue weighted by Crippen LogP contribution is -1.47. The second kappa shape index (κ2) is 5.86. The number of hydrogen-bond acceptors (Lipinski definition) is 2. The predicted molar refractivity (Wildman–Crippen MR) is 58.0 cm³/mol. The van der Waals surface area contributed by atoms with E-state index in [0.29, 0.717) is 0 Å². The molecular weight excluding hydrogens is 184 g/mol. The summed E-state index contributed by atoms with van der Waals surface area (Å²) < 4.78 is 1.08. The summed E-state index contributed by atoms with van der Waals surface area (Å²) in [4.78, 5) is 0. The fourth-order valence-electron chi connectivity index (χ4n) is 0.655. The first kappa shape index (κ1) is 9.36. The summed E-state index contributed by atoms with van der Waals surface area (Å²) >= 11 is 5.70. The van der Waals surface area contributed by atoms with Gasteiger partial charge in [-0.15, -0.1) is 24.0 Å². The number of thiophene rings is 1. The van der Waals surface area contributed by atoms with Crippen LogP contribution in [0.5, 0.6) is 0 Å². The Labute approximate surface area is 82.3 Å². The molecule has 0 nitrogen and oxygen atoms in total. The van der Waals surface area contributed by atoms with Crippen molar-refractivity contribution in [1.29, 1.82) is 0 Å². The number of benzene rings is 1. The molecule has 0 amide bonds. The van der Waals surface area contributed by atoms with Gasteiger partial charge in [0.2, 0.25) is 0 Å². The van der Waals surface area contributed by atoms with Crippen molar-refractivity contribution in [3.8, 4) is 0 Å². The molecular formula is C10H10S2. The van der Waals surface area contributed by atoms with Crippen LogP contribution in [0.4, 0.5) is 0 Å². The Morgan fingerprint density at radius 2 is 1.33 bits per heavy atom. The maximum absolute atomic E-state index is 4.05. The van der Waals surface area contributed by atoms with Crippen LogP contribution in [0.3, 0.4) is 0 Å². The highest BCUT2D eigenvalue weighted by Gasteiger charge is 1.75. The largest absolute Gasteiger partial charge is 0.138 e. The van der Waals surface area contributed by atoms with E-state index >= 15 is 0 Å². The summed E-state index contributed by atoms with van der Waals surface area (Å²) in [7, 11) is 0. The van der Waals surface area contributed by atoms with Crippen molar-refractivity contribution in [1.82, 2.24) is 0 Å². The summed E-state index contributed by atoms with van der Waals surface area (Å²) in [6.07, 6.45) is 0. The molecule has 0 aliphatic rings. The first-order chi connectivity index (χ1) is 5.89. The van der Waals surface area contributed by atoms with Gasteiger partial charge in [-0.3, -0.25) is 0 Å². The second-order valence-electron chi connectivity index (χ2n) is 2.11. The van der Waals surface area contributed by atoms with Gasteiger partial charge >= 0.3 is 0 Å². The summed E-state index contributed by atoms with van der Waals surface area (Å²) in [6.45, 7) is 0. The Morgan fingerprint density at radius 1 is 0.833 bits per heavy atom. The van der Waals surface area contributed by atoms with E-state index in [1.54, 1.807) is 11.3 Å². The average Bonchev–Trinajstić information content (AvgIpc) is 2.60. The maximum Gasteiger partial charge on any atom is 0.0567 e. The van der Waals surface area contributed by atoms with Crippen molar-refractivity contribution >= 4 is 24.0 Å². The maximum atomic E-state index is 4.05. The van der Waals surface area contributed by atoms with E-state index in [2.05, 4.69) is 12.6 Å². The van der Waals surface area contributed by atoms with E-state index < -0.39 is 0 Å². The molecule has 0 fully saturated rings. The van der Waals surface area contributed by atoms with Gasteiger partial charge in [-0.05, 0) is 11.4 Å². The minimum Gasteiger partial charge on any atom is -0.138 e. The highest BCUT2D eigenvalue weighted by Crippen LogP contribution is 2.11. The second-order valence-corrected chi connectivity index (χ2v) is 3.84. The van der Waals surface area contributed by atoms with Crippen LogP contribution in [-0.2, 0) is 0 Å². The van der Waals surface area contributed by atoms with Crippen molar-refractivity contribution in [3.05, 3.63) is 53.9 Å². The molecule has 0 N–H and O–H groups in total. The molecule has 0 saturated heterocycles. The lowest BCUT2D eigenvalue weighted by atomic mass is 10.4. The van der Waals surface area contributed by atoms with Gasteiger partial charge < -0.3 is 0 Å². The highest BCUT2D eigenvalue weighted by atomic mass is 32.2. The molecule has 0 spiro atoms. The first-order valence-corrected chi connectivity index (χ1v) is 4.95. The average molecular weight is 194 g/mol. The van der Waals surface area contributed by atoms with Crippen molar-refractivity contribution in [3.63, 3.8) is 0 Å². The zero-order valence-electron chi connectivity index (χ0n) is 6.55. The van der Waals surface area contributed by atoms with Crippen LogP contribution in [-0.4, -0.2) is 0 Å². The number of thiol groups is 1. The van der Waals surface area contributed by atoms with E-state index in [-0.39, 0.29) is 0 Å². The molecule has 0 aliphatic heterocycles. The molecule has 0 aliphatic carbocycles. The minimum absolute atomic E-state index is 1.08. The van der Waals surface area contributed by atoms with Gasteiger partial charge in [-0.25, -0.2) is 0 Å². The van der Waals surface area contributed by atoms with Crippen molar-refractivity contribution in [2.75, 3.05) is 0 Å². The molecule has 2 heteroatoms. The third kappa shape index (κ3) is 4.21. The van der Waals surface area contributed by atoms with Crippen LogP contribution in [0.2, 0.25) is 0 Å². The standard InChI is InChI=1S/C6H6.C4H4S2/c1-2-4-6-5-3-1;5-4-2-1-3-6-4/h1-6H;1-3,5H. The lowest BCUT2D eigenvalue weighted by molar-refractivity contribution is 1.72. The Hall–Kier alpha value is -0.730. The topological polar surface area (TPSA) is 0 Å². The van der Waals surface area contributed by atoms with Crippen LogP contribution in [0.25, 0.3) is 0 Å². The molecule has 1 aromatic heterocycles. The van der Waals surface area contributed by atoms with Gasteiger partial charge in [0.1, 0.15) is 0 Å². The molecule has 62 valence electrons. The Morgan fingerprint density at radius 3 is 1.50 bits per heavy atom. The molecule has 0 radical (unpaired) electrons. The molecule has 2 rings (SSSR count). The Kier molecular flexibility index (Phi) is 4.57. The molecule has 2 aromatic rings. The Bertz CT molecular complexity index is 247. The molecule has 0 unspecified atom stereocenters. The number of hydrogen-bond donors (Lipinski definition) is 1. The summed E-state index contributed by atoms with van der Waals surface area (Å²) in [5, 5.41) is 2.00. The normalized spacial score (nSPS) is 8.42. The summed E-state index contributed by atoms with van der Waals surface area (Å²) in [6, 6.07) is 15.9. The van der Waals surface area contributed by atoms with E-state index in [0.717, 1.165) is 4.21 Å². The van der Waals surface area contributed by atoms with Crippen LogP contribution < -0.4 is 0 Å². The monoisotopic (exact) mass is 194 g/mol. The smallest absolute Gasteiger partial charge is 0.0567 e. The van der Waals surface area contributed by atoms with Crippen LogP contribution in [0, 0.1) is 0 Å². The zero-order valence-corrected chi connectivity index (χ0v) is 8.26. The van der Waals surface area contributed by atoms with Crippen LogP contribution in [0.1, 0.15) is 0 Å². The molecule has 0 bridgehead atoms. The zero-order chi connectivity index (χ0) is 8.65. The van der Waals surface area contributed by atoms with Crippen LogP contribution in [0.15, 0.2) is 58.1 Å². The molecule has 0 saturated carbocycles. The van der Waals surface area contributed by atoms with Gasteiger partial charge in [0.15, 0.2) is 0 Å². The lowest BCUT2D eigenvalue weighted by Gasteiger charge is -1.69. The molecule has 12 heavy (non-hydrogen) atoms. The van der Waals surface area contributed by atoms with E-state index in [4.69, 9.17) is 0 Å². The highest BCUT2D eigenvalue weighted by molar-refractivity contribution is 7.82. The fourth-order valence-corrected chi connectivity index (χ4v) is 1.38. The number of rotatable bonds is 0. The third-order valence-electron chi connectivity index (χ3n) is 1.17. The van der Waals surface area contributed by atoms with Crippen LogP contribution >= 0.6 is 24.0 Å². The van der Waals surface area contributed by atoms with Gasteiger partial charge in [-0.2, -0.15) is 0 Å². The van der Waals surface area contributed by atoms with Gasteiger partial charge in [0.05, 0.1) is 4.21 Å². The van der Waals surface area contributed by atoms with Crippen molar-refractivity contribution in [2.24, 2.45) is 0 Å². The van der Waals surface area contributed by atoms with Crippen molar-refractivity contribution < 1.29 is 0 Å². The summed E-state index contributed by atoms with van der Waals surface area (Å²) in [5.41, 5.74) is 0. The fraction of sp³-hybridized carbons (Fsp3) is 0. The Balaban J connectivity index is 0.000000120. The van der Waals surface area contributed by atoms with Gasteiger partial charge in [0, 0.05) is 0 Å². The third-order valence-corrected chi connectivity index (χ3v) is 2.31. The van der Waals surface area contributed by atoms with Gasteiger partial charge in [0.25, 0.3) is 0 Å². The van der Waals surface area contributed by atoms with E-state index in [1.165, 1.54) is 0 Å². The minimum atomic E-state index is 1.08. The SMILES string of the molecule is Sc1cccs1.c1ccccc1. The molecule has 1 heterocycles. The van der Waals surface area contributed by atoms with E-state index in [1.807, 2.05) is 53.9 Å². The van der Waals surface area contributed by atoms with E-state index in [9.17, 15) is 0 Å².